The van der Waals surface area contributed by atoms with E-state index in [0.717, 1.165) is 22.6 Å². The van der Waals surface area contributed by atoms with Crippen LogP contribution in [0.15, 0.2) is 60.7 Å². The van der Waals surface area contributed by atoms with Crippen molar-refractivity contribution in [3.8, 4) is 5.69 Å². The number of carbonyl (C=O) groups is 2. The molecule has 0 unspecified atom stereocenters. The molecule has 0 spiro atoms. The minimum absolute atomic E-state index is 0.233. The molecule has 2 aromatic carbocycles. The third-order valence-corrected chi connectivity index (χ3v) is 4.67. The standard InChI is InChI=1S/C25H28N4O2/c1-17-20(18(2)29(28-17)19-11-7-6-8-12-19)15-16-23(30)26-22-14-10-9-13-21(22)24(31)27-25(3,4)5/h6-16H,1-5H3,(H,26,30)(H,27,31). The summed E-state index contributed by atoms with van der Waals surface area (Å²) in [6, 6.07) is 16.8. The molecule has 2 N–H and O–H groups in total. The van der Waals surface area contributed by atoms with Crippen LogP contribution in [0, 0.1) is 13.8 Å². The molecular formula is C25H28N4O2. The highest BCUT2D eigenvalue weighted by Crippen LogP contribution is 2.20. The molecule has 0 atom stereocenters. The van der Waals surface area contributed by atoms with Crippen molar-refractivity contribution in [3.63, 3.8) is 0 Å². The molecule has 3 aromatic rings. The Morgan fingerprint density at radius 2 is 1.61 bits per heavy atom. The molecule has 0 aliphatic carbocycles. The van der Waals surface area contributed by atoms with Gasteiger partial charge < -0.3 is 10.6 Å². The highest BCUT2D eigenvalue weighted by molar-refractivity contribution is 6.07. The van der Waals surface area contributed by atoms with Crippen molar-refractivity contribution in [2.45, 2.75) is 40.2 Å². The molecule has 0 fully saturated rings. The molecule has 0 aliphatic rings. The number of amides is 2. The fourth-order valence-electron chi connectivity index (χ4n) is 3.25. The number of aromatic nitrogens is 2. The Labute approximate surface area is 183 Å². The highest BCUT2D eigenvalue weighted by Gasteiger charge is 2.18. The average molecular weight is 417 g/mol. The van der Waals surface area contributed by atoms with Crippen molar-refractivity contribution in [1.29, 1.82) is 0 Å². The van der Waals surface area contributed by atoms with Gasteiger partial charge in [-0.25, -0.2) is 4.68 Å². The predicted molar refractivity (Wildman–Crippen MR) is 124 cm³/mol. The zero-order valence-corrected chi connectivity index (χ0v) is 18.6. The van der Waals surface area contributed by atoms with Crippen LogP contribution in [-0.4, -0.2) is 27.1 Å². The number of anilines is 1. The number of nitrogens with one attached hydrogen (secondary N) is 2. The van der Waals surface area contributed by atoms with Crippen LogP contribution < -0.4 is 10.6 Å². The van der Waals surface area contributed by atoms with Gasteiger partial charge in [0.25, 0.3) is 5.91 Å². The van der Waals surface area contributed by atoms with Crippen molar-refractivity contribution in [3.05, 3.63) is 83.2 Å². The first-order valence-corrected chi connectivity index (χ1v) is 10.2. The van der Waals surface area contributed by atoms with E-state index in [0.29, 0.717) is 11.3 Å². The van der Waals surface area contributed by atoms with E-state index in [2.05, 4.69) is 15.7 Å². The van der Waals surface area contributed by atoms with Gasteiger partial charge in [0, 0.05) is 22.9 Å². The Morgan fingerprint density at radius 3 is 2.29 bits per heavy atom. The van der Waals surface area contributed by atoms with Crippen LogP contribution in [0.5, 0.6) is 0 Å². The second-order valence-electron chi connectivity index (χ2n) is 8.40. The number of benzene rings is 2. The summed E-state index contributed by atoms with van der Waals surface area (Å²) >= 11 is 0. The number of hydrogen-bond acceptors (Lipinski definition) is 3. The zero-order chi connectivity index (χ0) is 22.6. The maximum atomic E-state index is 12.6. The summed E-state index contributed by atoms with van der Waals surface area (Å²) in [5.74, 6) is -0.550. The maximum absolute atomic E-state index is 12.6. The molecule has 0 radical (unpaired) electrons. The van der Waals surface area contributed by atoms with Crippen molar-refractivity contribution in [2.75, 3.05) is 5.32 Å². The molecule has 6 nitrogen and oxygen atoms in total. The maximum Gasteiger partial charge on any atom is 0.253 e. The normalized spacial score (nSPS) is 11.5. The van der Waals surface area contributed by atoms with Crippen LogP contribution in [0.2, 0.25) is 0 Å². The number of rotatable bonds is 5. The summed E-state index contributed by atoms with van der Waals surface area (Å²) in [7, 11) is 0. The SMILES string of the molecule is Cc1nn(-c2ccccc2)c(C)c1C=CC(=O)Nc1ccccc1C(=O)NC(C)(C)C. The van der Waals surface area contributed by atoms with Gasteiger partial charge in [0.15, 0.2) is 0 Å². The largest absolute Gasteiger partial charge is 0.347 e. The number of para-hydroxylation sites is 2. The first-order chi connectivity index (χ1) is 14.7. The summed E-state index contributed by atoms with van der Waals surface area (Å²) in [5.41, 5.74) is 4.13. The summed E-state index contributed by atoms with van der Waals surface area (Å²) < 4.78 is 1.86. The van der Waals surface area contributed by atoms with E-state index >= 15 is 0 Å². The second kappa shape index (κ2) is 9.00. The van der Waals surface area contributed by atoms with Crippen molar-refractivity contribution < 1.29 is 9.59 Å². The van der Waals surface area contributed by atoms with Gasteiger partial charge in [-0.3, -0.25) is 9.59 Å². The van der Waals surface area contributed by atoms with Crippen LogP contribution in [0.4, 0.5) is 5.69 Å². The van der Waals surface area contributed by atoms with E-state index in [-0.39, 0.29) is 17.4 Å². The molecule has 160 valence electrons. The first kappa shape index (κ1) is 22.0. The monoisotopic (exact) mass is 416 g/mol. The summed E-state index contributed by atoms with van der Waals surface area (Å²) in [5, 5.41) is 10.3. The molecule has 2 amide bonds. The molecule has 31 heavy (non-hydrogen) atoms. The topological polar surface area (TPSA) is 76.0 Å². The Bertz CT molecular complexity index is 1120. The molecule has 1 aromatic heterocycles. The third-order valence-electron chi connectivity index (χ3n) is 4.67. The molecule has 6 heteroatoms. The lowest BCUT2D eigenvalue weighted by Gasteiger charge is -2.21. The Balaban J connectivity index is 1.78. The third kappa shape index (κ3) is 5.48. The minimum atomic E-state index is -0.373. The molecule has 1 heterocycles. The lowest BCUT2D eigenvalue weighted by Crippen LogP contribution is -2.40. The van der Waals surface area contributed by atoms with Crippen LogP contribution in [0.1, 0.15) is 48.1 Å². The van der Waals surface area contributed by atoms with Gasteiger partial charge in [-0.05, 0) is 65.0 Å². The molecule has 3 rings (SSSR count). The van der Waals surface area contributed by atoms with E-state index in [1.54, 1.807) is 30.3 Å². The molecular weight excluding hydrogens is 388 g/mol. The van der Waals surface area contributed by atoms with Gasteiger partial charge in [-0.2, -0.15) is 5.10 Å². The first-order valence-electron chi connectivity index (χ1n) is 10.2. The van der Waals surface area contributed by atoms with Crippen molar-refractivity contribution in [2.24, 2.45) is 0 Å². The number of nitrogens with zero attached hydrogens (tertiary/aromatic N) is 2. The average Bonchev–Trinajstić information content (AvgIpc) is 3.00. The van der Waals surface area contributed by atoms with Crippen LogP contribution in [0.25, 0.3) is 11.8 Å². The van der Waals surface area contributed by atoms with Gasteiger partial charge in [0.05, 0.1) is 22.6 Å². The zero-order valence-electron chi connectivity index (χ0n) is 18.6. The Kier molecular flexibility index (Phi) is 6.39. The summed E-state index contributed by atoms with van der Waals surface area (Å²) in [6.45, 7) is 9.62. The summed E-state index contributed by atoms with van der Waals surface area (Å²) in [4.78, 5) is 25.2. The molecule has 0 saturated heterocycles. The smallest absolute Gasteiger partial charge is 0.253 e. The quantitative estimate of drug-likeness (QED) is 0.594. The Morgan fingerprint density at radius 1 is 0.968 bits per heavy atom. The predicted octanol–water partition coefficient (Wildman–Crippen LogP) is 4.67. The van der Waals surface area contributed by atoms with Gasteiger partial charge >= 0.3 is 0 Å². The molecule has 0 bridgehead atoms. The van der Waals surface area contributed by atoms with Gasteiger partial charge in [0.2, 0.25) is 5.91 Å². The van der Waals surface area contributed by atoms with Crippen LogP contribution >= 0.6 is 0 Å². The van der Waals surface area contributed by atoms with Crippen LogP contribution in [0.3, 0.4) is 0 Å². The van der Waals surface area contributed by atoms with Crippen LogP contribution in [-0.2, 0) is 4.79 Å². The highest BCUT2D eigenvalue weighted by atomic mass is 16.2. The van der Waals surface area contributed by atoms with Crippen molar-refractivity contribution >= 4 is 23.6 Å². The van der Waals surface area contributed by atoms with Crippen molar-refractivity contribution in [1.82, 2.24) is 15.1 Å². The van der Waals surface area contributed by atoms with E-state index in [1.807, 2.05) is 69.6 Å². The van der Waals surface area contributed by atoms with Gasteiger partial charge in [-0.1, -0.05) is 30.3 Å². The lowest BCUT2D eigenvalue weighted by atomic mass is 10.1. The second-order valence-corrected chi connectivity index (χ2v) is 8.40. The number of hydrogen-bond donors (Lipinski definition) is 2. The minimum Gasteiger partial charge on any atom is -0.347 e. The van der Waals surface area contributed by atoms with E-state index in [1.165, 1.54) is 6.08 Å². The summed E-state index contributed by atoms with van der Waals surface area (Å²) in [6.07, 6.45) is 3.22. The van der Waals surface area contributed by atoms with E-state index in [4.69, 9.17) is 0 Å². The van der Waals surface area contributed by atoms with Gasteiger partial charge in [-0.15, -0.1) is 0 Å². The molecule has 0 aliphatic heterocycles. The fraction of sp³-hybridized carbons (Fsp3) is 0.240. The number of carbonyl (C=O) groups excluding carboxylic acids is 2. The van der Waals surface area contributed by atoms with E-state index in [9.17, 15) is 9.59 Å². The number of aryl methyl sites for hydroxylation is 1. The fourth-order valence-corrected chi connectivity index (χ4v) is 3.25. The van der Waals surface area contributed by atoms with Gasteiger partial charge in [0.1, 0.15) is 0 Å². The lowest BCUT2D eigenvalue weighted by molar-refractivity contribution is -0.111. The molecule has 0 saturated carbocycles. The van der Waals surface area contributed by atoms with E-state index < -0.39 is 0 Å². The Hall–Kier alpha value is -3.67.